The quantitative estimate of drug-likeness (QED) is 0.790. The van der Waals surface area contributed by atoms with Crippen molar-refractivity contribution in [3.63, 3.8) is 0 Å². The molecule has 2 rings (SSSR count). The molecule has 96 valence electrons. The summed E-state index contributed by atoms with van der Waals surface area (Å²) in [7, 11) is 1.70. The Labute approximate surface area is 108 Å². The van der Waals surface area contributed by atoms with Gasteiger partial charge in [-0.15, -0.1) is 0 Å². The first-order valence-corrected chi connectivity index (χ1v) is 6.11. The molecule has 0 saturated carbocycles. The molecule has 0 fully saturated rings. The second-order valence-corrected chi connectivity index (χ2v) is 4.26. The van der Waals surface area contributed by atoms with E-state index >= 15 is 0 Å². The first kappa shape index (κ1) is 12.8. The average molecular weight is 245 g/mol. The Kier molecular flexibility index (Phi) is 4.50. The standard InChI is InChI=1S/C14H19N3O/c1-12-3-5-14(6-4-12)17-9-7-13(16-17)11-15-8-10-18-2/h3-7,9,15H,8,10-11H2,1-2H3. The van der Waals surface area contributed by atoms with Crippen molar-refractivity contribution in [3.05, 3.63) is 47.8 Å². The SMILES string of the molecule is COCCNCc1ccn(-c2ccc(C)cc2)n1. The summed E-state index contributed by atoms with van der Waals surface area (Å²) in [4.78, 5) is 0. The average Bonchev–Trinajstić information content (AvgIpc) is 2.84. The van der Waals surface area contributed by atoms with E-state index in [2.05, 4.69) is 41.6 Å². The lowest BCUT2D eigenvalue weighted by molar-refractivity contribution is 0.199. The van der Waals surface area contributed by atoms with Crippen LogP contribution in [0.1, 0.15) is 11.3 Å². The van der Waals surface area contributed by atoms with E-state index in [0.29, 0.717) is 0 Å². The topological polar surface area (TPSA) is 39.1 Å². The van der Waals surface area contributed by atoms with Crippen LogP contribution in [0.25, 0.3) is 5.69 Å². The highest BCUT2D eigenvalue weighted by molar-refractivity contribution is 5.33. The van der Waals surface area contributed by atoms with Crippen molar-refractivity contribution in [2.45, 2.75) is 13.5 Å². The molecule has 0 amide bonds. The van der Waals surface area contributed by atoms with Crippen LogP contribution in [0, 0.1) is 6.92 Å². The highest BCUT2D eigenvalue weighted by Gasteiger charge is 2.00. The van der Waals surface area contributed by atoms with E-state index in [1.54, 1.807) is 7.11 Å². The molecule has 1 aromatic heterocycles. The fourth-order valence-electron chi connectivity index (χ4n) is 1.69. The number of ether oxygens (including phenoxy) is 1. The van der Waals surface area contributed by atoms with Crippen molar-refractivity contribution >= 4 is 0 Å². The first-order chi connectivity index (χ1) is 8.79. The maximum atomic E-state index is 4.98. The summed E-state index contributed by atoms with van der Waals surface area (Å²) < 4.78 is 6.87. The van der Waals surface area contributed by atoms with Gasteiger partial charge in [-0.25, -0.2) is 4.68 Å². The van der Waals surface area contributed by atoms with Crippen LogP contribution in [0.3, 0.4) is 0 Å². The molecule has 1 heterocycles. The third-order valence-corrected chi connectivity index (χ3v) is 2.73. The third kappa shape index (κ3) is 3.42. The Morgan fingerprint density at radius 3 is 2.72 bits per heavy atom. The number of aromatic nitrogens is 2. The number of rotatable bonds is 6. The van der Waals surface area contributed by atoms with E-state index in [0.717, 1.165) is 31.1 Å². The summed E-state index contributed by atoms with van der Waals surface area (Å²) in [6.45, 7) is 4.41. The van der Waals surface area contributed by atoms with Gasteiger partial charge in [0.15, 0.2) is 0 Å². The van der Waals surface area contributed by atoms with Crippen molar-refractivity contribution < 1.29 is 4.74 Å². The zero-order chi connectivity index (χ0) is 12.8. The Hall–Kier alpha value is -1.65. The van der Waals surface area contributed by atoms with Crippen LogP contribution in [0.15, 0.2) is 36.5 Å². The monoisotopic (exact) mass is 245 g/mol. The Morgan fingerprint density at radius 2 is 2.00 bits per heavy atom. The molecule has 0 aliphatic rings. The fraction of sp³-hybridized carbons (Fsp3) is 0.357. The van der Waals surface area contributed by atoms with Crippen LogP contribution in [-0.2, 0) is 11.3 Å². The molecule has 0 saturated heterocycles. The number of nitrogens with zero attached hydrogens (tertiary/aromatic N) is 2. The molecule has 4 heteroatoms. The van der Waals surface area contributed by atoms with Gasteiger partial charge in [-0.05, 0) is 25.1 Å². The van der Waals surface area contributed by atoms with Gasteiger partial charge in [0.05, 0.1) is 18.0 Å². The molecule has 0 atom stereocenters. The minimum absolute atomic E-state index is 0.721. The van der Waals surface area contributed by atoms with Crippen molar-refractivity contribution in [1.82, 2.24) is 15.1 Å². The number of methoxy groups -OCH3 is 1. The fourth-order valence-corrected chi connectivity index (χ4v) is 1.69. The van der Waals surface area contributed by atoms with Crippen molar-refractivity contribution in [1.29, 1.82) is 0 Å². The predicted octanol–water partition coefficient (Wildman–Crippen LogP) is 1.92. The van der Waals surface area contributed by atoms with Crippen LogP contribution in [0.2, 0.25) is 0 Å². The lowest BCUT2D eigenvalue weighted by Crippen LogP contribution is -2.18. The Balaban J connectivity index is 1.95. The van der Waals surface area contributed by atoms with Crippen LogP contribution in [0.5, 0.6) is 0 Å². The number of aryl methyl sites for hydroxylation is 1. The Morgan fingerprint density at radius 1 is 1.22 bits per heavy atom. The number of benzene rings is 1. The van der Waals surface area contributed by atoms with Gasteiger partial charge in [0, 0.05) is 26.4 Å². The number of hydrogen-bond acceptors (Lipinski definition) is 3. The highest BCUT2D eigenvalue weighted by atomic mass is 16.5. The lowest BCUT2D eigenvalue weighted by atomic mass is 10.2. The van der Waals surface area contributed by atoms with E-state index in [1.165, 1.54) is 5.56 Å². The van der Waals surface area contributed by atoms with Gasteiger partial charge < -0.3 is 10.1 Å². The van der Waals surface area contributed by atoms with Gasteiger partial charge in [-0.3, -0.25) is 0 Å². The van der Waals surface area contributed by atoms with E-state index in [-0.39, 0.29) is 0 Å². The number of hydrogen-bond donors (Lipinski definition) is 1. The molecule has 18 heavy (non-hydrogen) atoms. The first-order valence-electron chi connectivity index (χ1n) is 6.11. The Bertz CT molecular complexity index is 476. The minimum Gasteiger partial charge on any atom is -0.383 e. The second kappa shape index (κ2) is 6.33. The van der Waals surface area contributed by atoms with E-state index in [4.69, 9.17) is 4.74 Å². The number of nitrogens with one attached hydrogen (secondary N) is 1. The minimum atomic E-state index is 0.721. The zero-order valence-electron chi connectivity index (χ0n) is 10.9. The molecule has 4 nitrogen and oxygen atoms in total. The molecule has 0 unspecified atom stereocenters. The molecule has 1 N–H and O–H groups in total. The molecular formula is C14H19N3O. The molecule has 0 aliphatic carbocycles. The summed E-state index contributed by atoms with van der Waals surface area (Å²) in [5.41, 5.74) is 3.38. The maximum absolute atomic E-state index is 4.98. The highest BCUT2D eigenvalue weighted by Crippen LogP contribution is 2.08. The summed E-state index contributed by atoms with van der Waals surface area (Å²) >= 11 is 0. The smallest absolute Gasteiger partial charge is 0.0766 e. The second-order valence-electron chi connectivity index (χ2n) is 4.26. The normalized spacial score (nSPS) is 10.8. The van der Waals surface area contributed by atoms with Crippen LogP contribution in [0.4, 0.5) is 0 Å². The molecule has 0 radical (unpaired) electrons. The summed E-state index contributed by atoms with van der Waals surface area (Å²) in [6, 6.07) is 10.4. The van der Waals surface area contributed by atoms with Gasteiger partial charge >= 0.3 is 0 Å². The summed E-state index contributed by atoms with van der Waals surface area (Å²) in [5.74, 6) is 0. The molecule has 0 aliphatic heterocycles. The molecule has 1 aromatic carbocycles. The largest absolute Gasteiger partial charge is 0.383 e. The van der Waals surface area contributed by atoms with Crippen LogP contribution >= 0.6 is 0 Å². The van der Waals surface area contributed by atoms with Gasteiger partial charge in [0.2, 0.25) is 0 Å². The summed E-state index contributed by atoms with van der Waals surface area (Å²) in [6.07, 6.45) is 1.98. The molecular weight excluding hydrogens is 226 g/mol. The van der Waals surface area contributed by atoms with E-state index in [1.807, 2.05) is 16.9 Å². The maximum Gasteiger partial charge on any atom is 0.0766 e. The van der Waals surface area contributed by atoms with Crippen molar-refractivity contribution in [2.24, 2.45) is 0 Å². The van der Waals surface area contributed by atoms with Gasteiger partial charge in [-0.2, -0.15) is 5.10 Å². The molecule has 0 bridgehead atoms. The van der Waals surface area contributed by atoms with Gasteiger partial charge in [0.25, 0.3) is 0 Å². The molecule has 0 spiro atoms. The van der Waals surface area contributed by atoms with Crippen molar-refractivity contribution in [2.75, 3.05) is 20.3 Å². The molecule has 2 aromatic rings. The third-order valence-electron chi connectivity index (χ3n) is 2.73. The van der Waals surface area contributed by atoms with Crippen molar-refractivity contribution in [3.8, 4) is 5.69 Å². The van der Waals surface area contributed by atoms with Crippen LogP contribution < -0.4 is 5.32 Å². The lowest BCUT2D eigenvalue weighted by Gasteiger charge is -2.02. The summed E-state index contributed by atoms with van der Waals surface area (Å²) in [5, 5.41) is 7.80. The van der Waals surface area contributed by atoms with E-state index < -0.39 is 0 Å². The predicted molar refractivity (Wildman–Crippen MR) is 71.9 cm³/mol. The van der Waals surface area contributed by atoms with Gasteiger partial charge in [0.1, 0.15) is 0 Å². The van der Waals surface area contributed by atoms with Gasteiger partial charge in [-0.1, -0.05) is 17.7 Å². The van der Waals surface area contributed by atoms with E-state index in [9.17, 15) is 0 Å². The van der Waals surface area contributed by atoms with Crippen LogP contribution in [-0.4, -0.2) is 30.0 Å². The zero-order valence-corrected chi connectivity index (χ0v) is 10.9.